The van der Waals surface area contributed by atoms with Crippen LogP contribution >= 0.6 is 0 Å². The van der Waals surface area contributed by atoms with E-state index in [1.165, 1.54) is 11.6 Å². The Morgan fingerprint density at radius 3 is 2.78 bits per heavy atom. The van der Waals surface area contributed by atoms with Crippen molar-refractivity contribution in [3.05, 3.63) is 41.0 Å². The lowest BCUT2D eigenvalue weighted by Gasteiger charge is -2.07. The summed E-state index contributed by atoms with van der Waals surface area (Å²) in [6.07, 6.45) is 3.34. The lowest BCUT2D eigenvalue weighted by Crippen LogP contribution is -2.27. The van der Waals surface area contributed by atoms with Crippen LogP contribution in [0.15, 0.2) is 24.3 Å². The van der Waals surface area contributed by atoms with Crippen LogP contribution in [0.2, 0.25) is 0 Å². The quantitative estimate of drug-likeness (QED) is 0.782. The van der Waals surface area contributed by atoms with Crippen LogP contribution in [-0.4, -0.2) is 24.2 Å². The van der Waals surface area contributed by atoms with Crippen molar-refractivity contribution in [2.24, 2.45) is 5.92 Å². The molecule has 3 nitrogen and oxygen atoms in total. The number of rotatable bonds is 5. The summed E-state index contributed by atoms with van der Waals surface area (Å²) in [6.45, 7) is 6.53. The number of amides is 1. The van der Waals surface area contributed by atoms with Gasteiger partial charge in [0.05, 0.1) is 0 Å². The fourth-order valence-electron chi connectivity index (χ4n) is 1.58. The zero-order valence-electron chi connectivity index (χ0n) is 11.2. The molecule has 0 saturated heterocycles. The molecule has 2 N–H and O–H groups in total. The minimum atomic E-state index is -0.129. The van der Waals surface area contributed by atoms with Crippen molar-refractivity contribution in [2.45, 2.75) is 20.8 Å². The van der Waals surface area contributed by atoms with Crippen molar-refractivity contribution in [3.8, 4) is 0 Å². The first-order valence-electron chi connectivity index (χ1n) is 6.17. The van der Waals surface area contributed by atoms with Crippen molar-refractivity contribution < 1.29 is 9.90 Å². The highest BCUT2D eigenvalue weighted by Gasteiger charge is 2.01. The molecule has 1 aromatic rings. The van der Waals surface area contributed by atoms with Gasteiger partial charge in [-0.15, -0.1) is 0 Å². The van der Waals surface area contributed by atoms with Crippen LogP contribution < -0.4 is 5.32 Å². The van der Waals surface area contributed by atoms with Crippen LogP contribution in [0.3, 0.4) is 0 Å². The molecule has 18 heavy (non-hydrogen) atoms. The van der Waals surface area contributed by atoms with Crippen molar-refractivity contribution in [2.75, 3.05) is 13.2 Å². The van der Waals surface area contributed by atoms with Gasteiger partial charge in [0.1, 0.15) is 0 Å². The van der Waals surface area contributed by atoms with Gasteiger partial charge in [-0.3, -0.25) is 4.79 Å². The van der Waals surface area contributed by atoms with Crippen molar-refractivity contribution in [3.63, 3.8) is 0 Å². The van der Waals surface area contributed by atoms with E-state index in [9.17, 15) is 4.79 Å². The van der Waals surface area contributed by atoms with Gasteiger partial charge in [0.25, 0.3) is 0 Å². The molecule has 1 unspecified atom stereocenters. The first-order chi connectivity index (χ1) is 8.52. The van der Waals surface area contributed by atoms with Gasteiger partial charge in [0.2, 0.25) is 5.91 Å². The summed E-state index contributed by atoms with van der Waals surface area (Å²) in [7, 11) is 0. The smallest absolute Gasteiger partial charge is 0.244 e. The molecule has 0 radical (unpaired) electrons. The third-order valence-corrected chi connectivity index (χ3v) is 2.78. The third-order valence-electron chi connectivity index (χ3n) is 2.78. The van der Waals surface area contributed by atoms with Gasteiger partial charge >= 0.3 is 0 Å². The van der Waals surface area contributed by atoms with E-state index in [4.69, 9.17) is 5.11 Å². The van der Waals surface area contributed by atoms with Gasteiger partial charge in [0.15, 0.2) is 0 Å². The highest BCUT2D eigenvalue weighted by atomic mass is 16.3. The summed E-state index contributed by atoms with van der Waals surface area (Å²) in [5.41, 5.74) is 3.42. The maximum atomic E-state index is 11.5. The van der Waals surface area contributed by atoms with E-state index in [0.717, 1.165) is 11.1 Å². The van der Waals surface area contributed by atoms with Gasteiger partial charge in [0, 0.05) is 19.2 Å². The summed E-state index contributed by atoms with van der Waals surface area (Å²) in [6, 6.07) is 6.12. The fourth-order valence-corrected chi connectivity index (χ4v) is 1.58. The molecule has 0 bridgehead atoms. The number of carbonyl (C=O) groups is 1. The zero-order chi connectivity index (χ0) is 13.5. The summed E-state index contributed by atoms with van der Waals surface area (Å²) in [5.74, 6) is -0.0428. The molecule has 98 valence electrons. The number of carbonyl (C=O) groups excluding carboxylic acids is 1. The average molecular weight is 247 g/mol. The second kappa shape index (κ2) is 6.97. The Kier molecular flexibility index (Phi) is 5.59. The van der Waals surface area contributed by atoms with Crippen LogP contribution in [0, 0.1) is 19.8 Å². The molecule has 3 heteroatoms. The van der Waals surface area contributed by atoms with Crippen LogP contribution in [0.5, 0.6) is 0 Å². The Balaban J connectivity index is 2.55. The second-order valence-electron chi connectivity index (χ2n) is 4.73. The normalized spacial score (nSPS) is 12.7. The molecular weight excluding hydrogens is 226 g/mol. The molecular formula is C15H21NO2. The molecule has 0 aliphatic heterocycles. The molecule has 0 aromatic heterocycles. The van der Waals surface area contributed by atoms with E-state index < -0.39 is 0 Å². The maximum absolute atomic E-state index is 11.5. The minimum absolute atomic E-state index is 0.0844. The predicted molar refractivity (Wildman–Crippen MR) is 74.2 cm³/mol. The first-order valence-corrected chi connectivity index (χ1v) is 6.17. The van der Waals surface area contributed by atoms with Crippen LogP contribution in [0.4, 0.5) is 0 Å². The monoisotopic (exact) mass is 247 g/mol. The van der Waals surface area contributed by atoms with Gasteiger partial charge in [-0.2, -0.15) is 0 Å². The molecule has 1 atom stereocenters. The summed E-state index contributed by atoms with van der Waals surface area (Å²) in [4.78, 5) is 11.5. The molecule has 1 rings (SSSR count). The minimum Gasteiger partial charge on any atom is -0.396 e. The maximum Gasteiger partial charge on any atom is 0.244 e. The Labute approximate surface area is 109 Å². The molecule has 0 spiro atoms. The van der Waals surface area contributed by atoms with Gasteiger partial charge in [-0.1, -0.05) is 30.7 Å². The highest BCUT2D eigenvalue weighted by Crippen LogP contribution is 2.11. The van der Waals surface area contributed by atoms with E-state index in [0.29, 0.717) is 6.54 Å². The SMILES string of the molecule is Cc1ccc(/C=C/C(=O)NCC(C)CO)c(C)c1. The first kappa shape index (κ1) is 14.5. The van der Waals surface area contributed by atoms with Gasteiger partial charge < -0.3 is 10.4 Å². The molecule has 0 aliphatic rings. The van der Waals surface area contributed by atoms with E-state index in [-0.39, 0.29) is 18.4 Å². The number of aliphatic hydroxyl groups is 1. The third kappa shape index (κ3) is 4.72. The summed E-state index contributed by atoms with van der Waals surface area (Å²) in [5, 5.41) is 11.6. The number of hydrogen-bond donors (Lipinski definition) is 2. The second-order valence-corrected chi connectivity index (χ2v) is 4.73. The van der Waals surface area contributed by atoms with Gasteiger partial charge in [-0.25, -0.2) is 0 Å². The van der Waals surface area contributed by atoms with Crippen molar-refractivity contribution in [1.82, 2.24) is 5.32 Å². The number of aliphatic hydroxyl groups excluding tert-OH is 1. The lowest BCUT2D eigenvalue weighted by atomic mass is 10.1. The lowest BCUT2D eigenvalue weighted by molar-refractivity contribution is -0.116. The van der Waals surface area contributed by atoms with Crippen molar-refractivity contribution in [1.29, 1.82) is 0 Å². The fraction of sp³-hybridized carbons (Fsp3) is 0.400. The summed E-state index contributed by atoms with van der Waals surface area (Å²) < 4.78 is 0. The predicted octanol–water partition coefficient (Wildman–Crippen LogP) is 2.06. The van der Waals surface area contributed by atoms with E-state index >= 15 is 0 Å². The number of nitrogens with one attached hydrogen (secondary N) is 1. The van der Waals surface area contributed by atoms with Gasteiger partial charge in [-0.05, 0) is 37.0 Å². The van der Waals surface area contributed by atoms with Crippen LogP contribution in [-0.2, 0) is 4.79 Å². The van der Waals surface area contributed by atoms with Crippen molar-refractivity contribution >= 4 is 12.0 Å². The van der Waals surface area contributed by atoms with E-state index in [1.807, 2.05) is 39.0 Å². The molecule has 1 amide bonds. The molecule has 0 aliphatic carbocycles. The molecule has 0 fully saturated rings. The molecule has 0 heterocycles. The van der Waals surface area contributed by atoms with E-state index in [1.54, 1.807) is 0 Å². The Morgan fingerprint density at radius 1 is 1.44 bits per heavy atom. The standard InChI is InChI=1S/C15H21NO2/c1-11-4-5-14(13(3)8-11)6-7-15(18)16-9-12(2)10-17/h4-8,12,17H,9-10H2,1-3H3,(H,16,18)/b7-6+. The van der Waals surface area contributed by atoms with E-state index in [2.05, 4.69) is 11.4 Å². The Bertz CT molecular complexity index is 438. The number of benzene rings is 1. The van der Waals surface area contributed by atoms with Crippen LogP contribution in [0.25, 0.3) is 6.08 Å². The Hall–Kier alpha value is -1.61. The highest BCUT2D eigenvalue weighted by molar-refractivity contribution is 5.91. The largest absolute Gasteiger partial charge is 0.396 e. The molecule has 1 aromatic carbocycles. The van der Waals surface area contributed by atoms with Crippen LogP contribution in [0.1, 0.15) is 23.6 Å². The molecule has 0 saturated carbocycles. The Morgan fingerprint density at radius 2 is 2.17 bits per heavy atom. The number of aryl methyl sites for hydroxylation is 2. The topological polar surface area (TPSA) is 49.3 Å². The number of hydrogen-bond acceptors (Lipinski definition) is 2. The average Bonchev–Trinajstić information content (AvgIpc) is 2.34. The zero-order valence-corrected chi connectivity index (χ0v) is 11.2. The summed E-state index contributed by atoms with van der Waals surface area (Å²) >= 11 is 0.